The van der Waals surface area contributed by atoms with Gasteiger partial charge in [0.25, 0.3) is 0 Å². The molecule has 0 bridgehead atoms. The molecular formula is C15H12O3. The van der Waals surface area contributed by atoms with E-state index in [4.69, 9.17) is 13.9 Å². The minimum atomic E-state index is -0.0854. The lowest BCUT2D eigenvalue weighted by Gasteiger charge is -2.00. The van der Waals surface area contributed by atoms with Gasteiger partial charge in [-0.3, -0.25) is 0 Å². The lowest BCUT2D eigenvalue weighted by Crippen LogP contribution is -1.78. The third kappa shape index (κ3) is 1.96. The van der Waals surface area contributed by atoms with Crippen molar-refractivity contribution in [2.45, 2.75) is 6.61 Å². The van der Waals surface area contributed by atoms with Crippen molar-refractivity contribution in [1.82, 2.24) is 0 Å². The van der Waals surface area contributed by atoms with Crippen LogP contribution in [0.25, 0.3) is 22.6 Å². The van der Waals surface area contributed by atoms with Crippen molar-refractivity contribution >= 4 is 0 Å². The SMILES string of the molecule is OCc1ccc(-c2cccc(-c3ccco3)c2)o1. The zero-order valence-electron chi connectivity index (χ0n) is 9.67. The number of furan rings is 2. The van der Waals surface area contributed by atoms with Crippen LogP contribution in [0.2, 0.25) is 0 Å². The number of rotatable bonds is 3. The van der Waals surface area contributed by atoms with Gasteiger partial charge in [-0.05, 0) is 30.3 Å². The lowest BCUT2D eigenvalue weighted by molar-refractivity contribution is 0.248. The molecule has 0 saturated carbocycles. The van der Waals surface area contributed by atoms with Crippen LogP contribution < -0.4 is 0 Å². The van der Waals surface area contributed by atoms with Gasteiger partial charge < -0.3 is 13.9 Å². The molecule has 90 valence electrons. The highest BCUT2D eigenvalue weighted by atomic mass is 16.4. The smallest absolute Gasteiger partial charge is 0.134 e. The first-order valence-electron chi connectivity index (χ1n) is 5.71. The Morgan fingerprint density at radius 3 is 2.39 bits per heavy atom. The van der Waals surface area contributed by atoms with E-state index in [1.807, 2.05) is 42.5 Å². The van der Waals surface area contributed by atoms with E-state index in [1.54, 1.807) is 12.3 Å². The minimum Gasteiger partial charge on any atom is -0.464 e. The predicted molar refractivity (Wildman–Crippen MR) is 67.8 cm³/mol. The van der Waals surface area contributed by atoms with Gasteiger partial charge in [-0.2, -0.15) is 0 Å². The standard InChI is InChI=1S/C15H12O3/c16-10-13-6-7-15(18-13)12-4-1-3-11(9-12)14-5-2-8-17-14/h1-9,16H,10H2. The first-order chi connectivity index (χ1) is 8.86. The van der Waals surface area contributed by atoms with Crippen molar-refractivity contribution in [2.24, 2.45) is 0 Å². The number of aliphatic hydroxyl groups is 1. The van der Waals surface area contributed by atoms with E-state index in [9.17, 15) is 0 Å². The number of aliphatic hydroxyl groups excluding tert-OH is 1. The van der Waals surface area contributed by atoms with Crippen LogP contribution in [0.3, 0.4) is 0 Å². The first-order valence-corrected chi connectivity index (χ1v) is 5.71. The fourth-order valence-electron chi connectivity index (χ4n) is 1.89. The van der Waals surface area contributed by atoms with Gasteiger partial charge in [0.05, 0.1) is 6.26 Å². The summed E-state index contributed by atoms with van der Waals surface area (Å²) in [6.07, 6.45) is 1.65. The van der Waals surface area contributed by atoms with Gasteiger partial charge in [0.1, 0.15) is 23.9 Å². The fourth-order valence-corrected chi connectivity index (χ4v) is 1.89. The molecule has 0 spiro atoms. The molecule has 3 aromatic rings. The summed E-state index contributed by atoms with van der Waals surface area (Å²) in [4.78, 5) is 0. The van der Waals surface area contributed by atoms with Crippen LogP contribution in [0.15, 0.2) is 63.6 Å². The van der Waals surface area contributed by atoms with E-state index in [0.717, 1.165) is 22.6 Å². The molecule has 2 heterocycles. The van der Waals surface area contributed by atoms with Crippen molar-refractivity contribution < 1.29 is 13.9 Å². The molecule has 2 aromatic heterocycles. The van der Waals surface area contributed by atoms with Crippen molar-refractivity contribution in [3.8, 4) is 22.6 Å². The Labute approximate surface area is 104 Å². The molecule has 0 saturated heterocycles. The van der Waals surface area contributed by atoms with Crippen LogP contribution in [-0.2, 0) is 6.61 Å². The Kier molecular flexibility index (Phi) is 2.74. The molecule has 18 heavy (non-hydrogen) atoms. The van der Waals surface area contributed by atoms with E-state index >= 15 is 0 Å². The quantitative estimate of drug-likeness (QED) is 0.759. The van der Waals surface area contributed by atoms with Gasteiger partial charge in [-0.25, -0.2) is 0 Å². The molecule has 0 fully saturated rings. The van der Waals surface area contributed by atoms with E-state index < -0.39 is 0 Å². The molecule has 0 atom stereocenters. The maximum atomic E-state index is 8.99. The lowest BCUT2D eigenvalue weighted by atomic mass is 10.1. The zero-order chi connectivity index (χ0) is 12.4. The summed E-state index contributed by atoms with van der Waals surface area (Å²) in [5, 5.41) is 8.99. The Hall–Kier alpha value is -2.26. The van der Waals surface area contributed by atoms with Crippen molar-refractivity contribution in [2.75, 3.05) is 0 Å². The molecule has 0 aliphatic rings. The maximum absolute atomic E-state index is 8.99. The third-order valence-electron chi connectivity index (χ3n) is 2.77. The Balaban J connectivity index is 2.00. The molecule has 0 amide bonds. The molecule has 3 rings (SSSR count). The summed E-state index contributed by atoms with van der Waals surface area (Å²) >= 11 is 0. The van der Waals surface area contributed by atoms with Crippen LogP contribution in [-0.4, -0.2) is 5.11 Å². The predicted octanol–water partition coefficient (Wildman–Crippen LogP) is 3.70. The maximum Gasteiger partial charge on any atom is 0.134 e. The highest BCUT2D eigenvalue weighted by Gasteiger charge is 2.06. The molecule has 0 aliphatic carbocycles. The van der Waals surface area contributed by atoms with E-state index in [2.05, 4.69) is 0 Å². The third-order valence-corrected chi connectivity index (χ3v) is 2.77. The summed E-state index contributed by atoms with van der Waals surface area (Å²) in [7, 11) is 0. The first kappa shape index (κ1) is 10.9. The summed E-state index contributed by atoms with van der Waals surface area (Å²) in [5.74, 6) is 2.13. The highest BCUT2D eigenvalue weighted by Crippen LogP contribution is 2.27. The van der Waals surface area contributed by atoms with Crippen LogP contribution in [0.4, 0.5) is 0 Å². The molecule has 1 N–H and O–H groups in total. The minimum absolute atomic E-state index is 0.0854. The van der Waals surface area contributed by atoms with Crippen molar-refractivity contribution in [3.05, 3.63) is 60.6 Å². The molecule has 0 radical (unpaired) electrons. The van der Waals surface area contributed by atoms with Crippen LogP contribution >= 0.6 is 0 Å². The van der Waals surface area contributed by atoms with E-state index in [1.165, 1.54) is 0 Å². The van der Waals surface area contributed by atoms with Crippen LogP contribution in [0.5, 0.6) is 0 Å². The molecule has 3 nitrogen and oxygen atoms in total. The molecular weight excluding hydrogens is 228 g/mol. The monoisotopic (exact) mass is 240 g/mol. The van der Waals surface area contributed by atoms with Crippen molar-refractivity contribution in [1.29, 1.82) is 0 Å². The number of hydrogen-bond acceptors (Lipinski definition) is 3. The average Bonchev–Trinajstić information content (AvgIpc) is 3.10. The number of hydrogen-bond donors (Lipinski definition) is 1. The Morgan fingerprint density at radius 2 is 1.72 bits per heavy atom. The fraction of sp³-hybridized carbons (Fsp3) is 0.0667. The summed E-state index contributed by atoms with van der Waals surface area (Å²) in [6, 6.07) is 15.3. The Bertz CT molecular complexity index is 635. The van der Waals surface area contributed by atoms with Gasteiger partial charge in [0, 0.05) is 11.1 Å². The highest BCUT2D eigenvalue weighted by molar-refractivity contribution is 5.67. The van der Waals surface area contributed by atoms with Gasteiger partial charge in [0.15, 0.2) is 0 Å². The van der Waals surface area contributed by atoms with Gasteiger partial charge >= 0.3 is 0 Å². The number of benzene rings is 1. The zero-order valence-corrected chi connectivity index (χ0v) is 9.67. The molecule has 3 heteroatoms. The molecule has 0 aliphatic heterocycles. The van der Waals surface area contributed by atoms with Gasteiger partial charge in [-0.1, -0.05) is 18.2 Å². The Morgan fingerprint density at radius 1 is 0.889 bits per heavy atom. The second kappa shape index (κ2) is 4.55. The summed E-state index contributed by atoms with van der Waals surface area (Å²) in [6.45, 7) is -0.0854. The summed E-state index contributed by atoms with van der Waals surface area (Å²) < 4.78 is 10.9. The van der Waals surface area contributed by atoms with Crippen LogP contribution in [0.1, 0.15) is 5.76 Å². The topological polar surface area (TPSA) is 46.5 Å². The second-order valence-corrected chi connectivity index (χ2v) is 3.98. The molecule has 1 aromatic carbocycles. The van der Waals surface area contributed by atoms with Gasteiger partial charge in [0.2, 0.25) is 0 Å². The second-order valence-electron chi connectivity index (χ2n) is 3.98. The normalized spacial score (nSPS) is 10.7. The molecule has 0 unspecified atom stereocenters. The van der Waals surface area contributed by atoms with E-state index in [0.29, 0.717) is 5.76 Å². The summed E-state index contributed by atoms with van der Waals surface area (Å²) in [5.41, 5.74) is 1.96. The van der Waals surface area contributed by atoms with E-state index in [-0.39, 0.29) is 6.61 Å². The largest absolute Gasteiger partial charge is 0.464 e. The van der Waals surface area contributed by atoms with Gasteiger partial charge in [-0.15, -0.1) is 0 Å². The van der Waals surface area contributed by atoms with Crippen LogP contribution in [0, 0.1) is 0 Å². The van der Waals surface area contributed by atoms with Crippen molar-refractivity contribution in [3.63, 3.8) is 0 Å². The average molecular weight is 240 g/mol.